The molecule has 2 saturated heterocycles. The van der Waals surface area contributed by atoms with Crippen LogP contribution in [0.5, 0.6) is 0 Å². The number of nitrogens with one attached hydrogen (secondary N) is 3. The number of carbonyl (C=O) groups is 1. The summed E-state index contributed by atoms with van der Waals surface area (Å²) in [4.78, 5) is 17.1. The van der Waals surface area contributed by atoms with Gasteiger partial charge in [-0.3, -0.25) is 4.79 Å². The third kappa shape index (κ3) is 4.94. The highest BCUT2D eigenvalue weighted by atomic mass is 35.5. The lowest BCUT2D eigenvalue weighted by atomic mass is 9.66. The number of para-hydroxylation sites is 1. The van der Waals surface area contributed by atoms with Gasteiger partial charge in [-0.25, -0.2) is 4.98 Å². The molecule has 7 heteroatoms. The van der Waals surface area contributed by atoms with E-state index in [2.05, 4.69) is 20.9 Å². The van der Waals surface area contributed by atoms with Crippen molar-refractivity contribution in [3.63, 3.8) is 0 Å². The first-order valence-electron chi connectivity index (χ1n) is 10.7. The van der Waals surface area contributed by atoms with E-state index in [9.17, 15) is 4.79 Å². The molecule has 1 amide bonds. The normalized spacial score (nSPS) is 19.2. The Bertz CT molecular complexity index is 847. The van der Waals surface area contributed by atoms with Gasteiger partial charge in [-0.1, -0.05) is 23.7 Å². The molecule has 6 nitrogen and oxygen atoms in total. The molecule has 0 atom stereocenters. The maximum Gasteiger partial charge on any atom is 0.258 e. The molecule has 3 heterocycles. The molecule has 0 aliphatic carbocycles. The third-order valence-electron chi connectivity index (χ3n) is 6.46. The summed E-state index contributed by atoms with van der Waals surface area (Å²) in [5.74, 6) is 0.953. The number of nitrogens with zero attached hydrogens (tertiary/aromatic N) is 1. The lowest BCUT2D eigenvalue weighted by molar-refractivity contribution is 0.00117. The highest BCUT2D eigenvalue weighted by Gasteiger charge is 2.40. The Morgan fingerprint density at radius 2 is 1.93 bits per heavy atom. The van der Waals surface area contributed by atoms with E-state index < -0.39 is 0 Å². The summed E-state index contributed by atoms with van der Waals surface area (Å²) in [7, 11) is 0. The molecular formula is C23H29ClN4O2. The minimum absolute atomic E-state index is 0.182. The van der Waals surface area contributed by atoms with Crippen molar-refractivity contribution in [3.05, 3.63) is 53.2 Å². The molecule has 0 spiro atoms. The molecule has 4 rings (SSSR count). The first-order chi connectivity index (χ1) is 14.7. The Labute approximate surface area is 182 Å². The number of carbonyl (C=O) groups excluding carboxylic acids is 1. The summed E-state index contributed by atoms with van der Waals surface area (Å²) in [6, 6.07) is 11.1. The Hall–Kier alpha value is -2.15. The van der Waals surface area contributed by atoms with Crippen molar-refractivity contribution >= 4 is 29.0 Å². The summed E-state index contributed by atoms with van der Waals surface area (Å²) < 4.78 is 5.61. The van der Waals surface area contributed by atoms with E-state index in [-0.39, 0.29) is 11.3 Å². The number of aromatic nitrogens is 1. The first kappa shape index (κ1) is 21.1. The molecule has 0 unspecified atom stereocenters. The molecule has 0 bridgehead atoms. The van der Waals surface area contributed by atoms with Gasteiger partial charge in [0.25, 0.3) is 5.91 Å². The summed E-state index contributed by atoms with van der Waals surface area (Å²) >= 11 is 5.89. The van der Waals surface area contributed by atoms with Crippen LogP contribution in [-0.4, -0.2) is 43.7 Å². The molecule has 30 heavy (non-hydrogen) atoms. The number of amides is 1. The van der Waals surface area contributed by atoms with Gasteiger partial charge in [0.1, 0.15) is 5.82 Å². The van der Waals surface area contributed by atoms with E-state index in [1.54, 1.807) is 12.1 Å². The maximum absolute atomic E-state index is 12.9. The Morgan fingerprint density at radius 3 is 2.67 bits per heavy atom. The molecule has 0 saturated carbocycles. The fourth-order valence-electron chi connectivity index (χ4n) is 4.70. The van der Waals surface area contributed by atoms with Gasteiger partial charge in [0, 0.05) is 31.6 Å². The number of rotatable bonds is 6. The lowest BCUT2D eigenvalue weighted by Crippen LogP contribution is -2.47. The van der Waals surface area contributed by atoms with Gasteiger partial charge in [0.2, 0.25) is 0 Å². The first-order valence-corrected chi connectivity index (χ1v) is 11.1. The molecule has 160 valence electrons. The monoisotopic (exact) mass is 428 g/mol. The largest absolute Gasteiger partial charge is 0.384 e. The molecule has 2 fully saturated rings. The van der Waals surface area contributed by atoms with Gasteiger partial charge in [-0.2, -0.15) is 0 Å². The van der Waals surface area contributed by atoms with Crippen LogP contribution in [0.15, 0.2) is 42.6 Å². The quantitative estimate of drug-likeness (QED) is 0.643. The number of halogens is 1. The highest BCUT2D eigenvalue weighted by molar-refractivity contribution is 6.30. The van der Waals surface area contributed by atoms with E-state index in [1.165, 1.54) is 6.20 Å². The second kappa shape index (κ2) is 9.77. The lowest BCUT2D eigenvalue weighted by Gasteiger charge is -2.46. The predicted molar refractivity (Wildman–Crippen MR) is 120 cm³/mol. The fraction of sp³-hybridized carbons (Fsp3) is 0.478. The van der Waals surface area contributed by atoms with Crippen molar-refractivity contribution in [3.8, 4) is 0 Å². The van der Waals surface area contributed by atoms with Crippen LogP contribution in [0.2, 0.25) is 5.02 Å². The van der Waals surface area contributed by atoms with E-state index >= 15 is 0 Å². The van der Waals surface area contributed by atoms with Crippen LogP contribution in [0.25, 0.3) is 0 Å². The van der Waals surface area contributed by atoms with Crippen LogP contribution in [0.4, 0.5) is 11.5 Å². The molecule has 3 N–H and O–H groups in total. The van der Waals surface area contributed by atoms with Crippen LogP contribution in [0.1, 0.15) is 36.0 Å². The minimum Gasteiger partial charge on any atom is -0.384 e. The minimum atomic E-state index is -0.182. The van der Waals surface area contributed by atoms with Crippen LogP contribution >= 0.6 is 11.6 Å². The van der Waals surface area contributed by atoms with E-state index in [4.69, 9.17) is 16.3 Å². The van der Waals surface area contributed by atoms with E-state index in [0.717, 1.165) is 64.2 Å². The van der Waals surface area contributed by atoms with Crippen molar-refractivity contribution in [2.75, 3.05) is 43.5 Å². The molecule has 2 aliphatic heterocycles. The second-order valence-electron chi connectivity index (χ2n) is 8.21. The van der Waals surface area contributed by atoms with Crippen molar-refractivity contribution < 1.29 is 9.53 Å². The van der Waals surface area contributed by atoms with Crippen LogP contribution < -0.4 is 16.0 Å². The van der Waals surface area contributed by atoms with Crippen LogP contribution in [0, 0.1) is 11.3 Å². The van der Waals surface area contributed by atoms with Crippen LogP contribution in [-0.2, 0) is 4.74 Å². The summed E-state index contributed by atoms with van der Waals surface area (Å²) in [5, 5.41) is 10.5. The summed E-state index contributed by atoms with van der Waals surface area (Å²) in [6.45, 7) is 4.66. The van der Waals surface area contributed by atoms with Crippen molar-refractivity contribution in [1.82, 2.24) is 10.3 Å². The van der Waals surface area contributed by atoms with Crippen molar-refractivity contribution in [2.45, 2.75) is 25.7 Å². The maximum atomic E-state index is 12.9. The van der Waals surface area contributed by atoms with Gasteiger partial charge in [-0.15, -0.1) is 0 Å². The predicted octanol–water partition coefficient (Wildman–Crippen LogP) is 4.20. The topological polar surface area (TPSA) is 75.3 Å². The van der Waals surface area contributed by atoms with Gasteiger partial charge >= 0.3 is 0 Å². The van der Waals surface area contributed by atoms with Crippen LogP contribution in [0.3, 0.4) is 0 Å². The number of benzene rings is 1. The van der Waals surface area contributed by atoms with Gasteiger partial charge in [-0.05, 0) is 74.4 Å². The highest BCUT2D eigenvalue weighted by Crippen LogP contribution is 2.42. The van der Waals surface area contributed by atoms with Gasteiger partial charge < -0.3 is 20.7 Å². The van der Waals surface area contributed by atoms with E-state index in [0.29, 0.717) is 22.3 Å². The SMILES string of the molecule is O=C(Nc1ccc(Cl)cn1)c1ccccc1NCC1(C2CCOCC2)CCNCC1. The molecule has 1 aromatic heterocycles. The number of hydrogen-bond acceptors (Lipinski definition) is 5. The van der Waals surface area contributed by atoms with Crippen molar-refractivity contribution in [1.29, 1.82) is 0 Å². The number of piperidine rings is 1. The standard InChI is InChI=1S/C23H29ClN4O2/c24-18-5-6-21(26-15-18)28-22(29)19-3-1-2-4-20(19)27-16-23(9-11-25-12-10-23)17-7-13-30-14-8-17/h1-6,15,17,25,27H,7-14,16H2,(H,26,28,29). The average molecular weight is 429 g/mol. The zero-order chi connectivity index (χ0) is 20.8. The third-order valence-corrected chi connectivity index (χ3v) is 6.68. The second-order valence-corrected chi connectivity index (χ2v) is 8.65. The zero-order valence-corrected chi connectivity index (χ0v) is 17.9. The zero-order valence-electron chi connectivity index (χ0n) is 17.1. The molecular weight excluding hydrogens is 400 g/mol. The molecule has 1 aromatic carbocycles. The summed E-state index contributed by atoms with van der Waals surface area (Å²) in [5.41, 5.74) is 1.70. The Morgan fingerprint density at radius 1 is 1.17 bits per heavy atom. The van der Waals surface area contributed by atoms with Crippen molar-refractivity contribution in [2.24, 2.45) is 11.3 Å². The number of ether oxygens (including phenoxy) is 1. The van der Waals surface area contributed by atoms with Gasteiger partial charge in [0.15, 0.2) is 0 Å². The van der Waals surface area contributed by atoms with E-state index in [1.807, 2.05) is 24.3 Å². The Balaban J connectivity index is 1.48. The molecule has 2 aliphatic rings. The number of anilines is 2. The average Bonchev–Trinajstić information content (AvgIpc) is 2.80. The molecule has 0 radical (unpaired) electrons. The number of pyridine rings is 1. The fourth-order valence-corrected chi connectivity index (χ4v) is 4.82. The molecule has 2 aromatic rings. The smallest absolute Gasteiger partial charge is 0.258 e. The number of hydrogen-bond donors (Lipinski definition) is 3. The summed E-state index contributed by atoms with van der Waals surface area (Å²) in [6.07, 6.45) is 6.05. The van der Waals surface area contributed by atoms with Gasteiger partial charge in [0.05, 0.1) is 10.6 Å². The Kier molecular flexibility index (Phi) is 6.87.